The highest BCUT2D eigenvalue weighted by molar-refractivity contribution is 6.01. The third-order valence-electron chi connectivity index (χ3n) is 17.6. The zero-order chi connectivity index (χ0) is 90.7. The van der Waals surface area contributed by atoms with E-state index in [2.05, 4.69) is 63.5 Å². The second-order valence-corrected chi connectivity index (χ2v) is 29.3. The van der Waals surface area contributed by atoms with E-state index in [9.17, 15) is 94.4 Å². The van der Waals surface area contributed by atoms with Gasteiger partial charge < -0.3 is 121 Å². The van der Waals surface area contributed by atoms with Crippen LogP contribution in [0.1, 0.15) is 126 Å². The number of halogens is 6. The predicted molar refractivity (Wildman–Crippen MR) is 411 cm³/mol. The topological polar surface area (TPSA) is 637 Å². The molecule has 0 aliphatic carbocycles. The highest BCUT2D eigenvalue weighted by Crippen LogP contribution is 2.26. The first-order valence-corrected chi connectivity index (χ1v) is 37.7. The standard InChI is InChI=1S/C69H109N17O19.2C2HF3O2/c1-12-38(10)49-63(97)83-50(39(11)88)62(96)75-32-48(89)81-53(56(57(71)91)105-69(102)76-41-20-22-42(23-21-41)86-25-27-103-28-26-86)65(99)80-47(33-87)67(101)104-55(40-17-14-13-15-18-40)52(85-61(95)46(31-36(6)7)78-58(92)43(70)29-34(2)3)66(100)84-51(54(90)37(8)9)64(98)79-45(30-35(4)5)60(94)77-44(59(93)82-49)19-16-24-74-68(72)73;2*3-2(4,5)1(6)7/h13-15,17-18,20-23,34-39,43-47,49-56,87-88,90H,12,16,19,24-33,70H2,1-11H3,(H2,71,91)(H,75,96)(H,76,102)(H,77,94)(H,78,92)(H,79,98)(H,80,99)(H,81,89)(H,82,93)(H,83,97)(H,84,100)(H,85,95)(H4,72,73,74);2*(H,6,7)/t38-,39-,43+,44+,45-,46-,47-,49-,50-,51-,52-,53-,54+,55+,56-;;/m0../s1. The third kappa shape index (κ3) is 36.7. The van der Waals surface area contributed by atoms with Crippen LogP contribution in [0.2, 0.25) is 0 Å². The lowest BCUT2D eigenvalue weighted by molar-refractivity contribution is -0.193. The van der Waals surface area contributed by atoms with Crippen LogP contribution in [0.5, 0.6) is 0 Å². The molecule has 4 rings (SSSR count). The van der Waals surface area contributed by atoms with Crippen LogP contribution in [0, 0.1) is 29.6 Å². The van der Waals surface area contributed by atoms with Crippen LogP contribution in [0.25, 0.3) is 0 Å². The van der Waals surface area contributed by atoms with Crippen LogP contribution in [0.4, 0.5) is 42.5 Å². The van der Waals surface area contributed by atoms with Gasteiger partial charge in [-0.15, -0.1) is 0 Å². The number of carbonyl (C=O) groups is 15. The van der Waals surface area contributed by atoms with E-state index in [1.54, 1.807) is 53.7 Å². The van der Waals surface area contributed by atoms with Crippen LogP contribution >= 0.6 is 0 Å². The number of aliphatic hydroxyl groups is 3. The quantitative estimate of drug-likeness (QED) is 0.0158. The number of aliphatic imine (C=N–C) groups is 1. The van der Waals surface area contributed by atoms with Crippen molar-refractivity contribution in [3.63, 3.8) is 0 Å². The second kappa shape index (κ2) is 49.8. The molecule has 0 unspecified atom stereocenters. The number of carboxylic acids is 2. The van der Waals surface area contributed by atoms with Crippen LogP contribution in [0.15, 0.2) is 59.6 Å². The number of anilines is 2. The van der Waals surface area contributed by atoms with Gasteiger partial charge in [0.2, 0.25) is 65.2 Å². The van der Waals surface area contributed by atoms with E-state index in [1.165, 1.54) is 56.3 Å². The van der Waals surface area contributed by atoms with Crippen LogP contribution in [-0.2, 0) is 81.3 Å². The van der Waals surface area contributed by atoms with Gasteiger partial charge in [0, 0.05) is 31.0 Å². The lowest BCUT2D eigenvalue weighted by Gasteiger charge is -2.34. The normalized spacial score (nSPS) is 22.2. The summed E-state index contributed by atoms with van der Waals surface area (Å²) in [6.45, 7) is 17.2. The van der Waals surface area contributed by atoms with E-state index in [0.717, 1.165) is 12.6 Å². The number of amides is 12. The smallest absolute Gasteiger partial charge is 0.475 e. The largest absolute Gasteiger partial charge is 0.490 e. The molecule has 2 aliphatic heterocycles. The average Bonchev–Trinajstić information content (AvgIpc) is 0.943. The van der Waals surface area contributed by atoms with Crippen LogP contribution < -0.4 is 86.3 Å². The Labute approximate surface area is 681 Å². The van der Waals surface area contributed by atoms with E-state index in [0.29, 0.717) is 26.3 Å². The predicted octanol–water partition coefficient (Wildman–Crippen LogP) is -2.08. The highest BCUT2D eigenvalue weighted by atomic mass is 19.4. The first-order valence-electron chi connectivity index (χ1n) is 37.7. The molecule has 0 bridgehead atoms. The highest BCUT2D eigenvalue weighted by Gasteiger charge is 2.46. The number of ether oxygens (including phenoxy) is 3. The number of nitrogens with two attached hydrogens (primary N) is 4. The maximum Gasteiger partial charge on any atom is 0.490 e. The van der Waals surface area contributed by atoms with Crippen molar-refractivity contribution in [2.24, 2.45) is 57.5 Å². The van der Waals surface area contributed by atoms with Gasteiger partial charge in [-0.3, -0.25) is 63.0 Å². The fraction of sp³-hybridized carbons (Fsp3) is 0.616. The van der Waals surface area contributed by atoms with Gasteiger partial charge in [0.05, 0.1) is 44.6 Å². The number of carbonyl (C=O) groups excluding carboxylic acids is 13. The average molecular weight is 1710 g/mol. The summed E-state index contributed by atoms with van der Waals surface area (Å²) in [5.41, 5.74) is 24.0. The molecule has 119 heavy (non-hydrogen) atoms. The number of benzene rings is 2. The van der Waals surface area contributed by atoms with Gasteiger partial charge in [0.15, 0.2) is 24.1 Å². The van der Waals surface area contributed by atoms with Crippen LogP contribution in [-0.4, -0.2) is 258 Å². The van der Waals surface area contributed by atoms with Crippen molar-refractivity contribution >= 4 is 106 Å². The van der Waals surface area contributed by atoms with E-state index >= 15 is 9.59 Å². The Morgan fingerprint density at radius 1 is 0.630 bits per heavy atom. The molecule has 0 spiro atoms. The Morgan fingerprint density at radius 2 is 1.14 bits per heavy atom. The Hall–Kier alpha value is -11.3. The molecule has 2 aliphatic rings. The van der Waals surface area contributed by atoms with Crippen LogP contribution in [0.3, 0.4) is 0 Å². The molecule has 2 aromatic rings. The number of carboxylic acid groups (broad SMARTS) is 2. The zero-order valence-corrected chi connectivity index (χ0v) is 67.4. The van der Waals surface area contributed by atoms with E-state index < -0.39 is 217 Å². The number of cyclic esters (lactones) is 1. The molecule has 40 nitrogen and oxygen atoms in total. The first kappa shape index (κ1) is 104. The van der Waals surface area contributed by atoms with Gasteiger partial charge in [0.1, 0.15) is 42.3 Å². The molecular formula is C73H111F6N17O23. The SMILES string of the molecule is CC[C@H](C)[C@@H]1NC(=O)[C@@H](CCCN=C(N)N)NC(=O)[C@H](CC(C)C)NC(=O)[C@H]([C@H](O)C(C)C)NC(=O)[C@@H](NC(=O)[C@H](CC(C)C)NC(=O)[C@H](N)CC(C)C)[C@@H](c2ccccc2)OC(=O)[C@H](CO)NC(=O)[C@H]([C@H](OC(=O)Nc2ccc(N3CCOCC3)cc2)C(N)=O)NC(=O)CNC(=O)[C@H]([C@H](C)O)NC1=O.O=C(O)C(F)(F)F.O=C(O)C(F)(F)F. The molecule has 46 heteroatoms. The van der Waals surface area contributed by atoms with E-state index in [-0.39, 0.29) is 74.1 Å². The van der Waals surface area contributed by atoms with Gasteiger partial charge in [-0.05, 0) is 98.4 Å². The number of hydrogen-bond donors (Lipinski definition) is 20. The number of guanidine groups is 1. The molecule has 0 radical (unpaired) electrons. The summed E-state index contributed by atoms with van der Waals surface area (Å²) < 4.78 is 80.4. The number of aliphatic carboxylic acids is 2. The third-order valence-corrected chi connectivity index (χ3v) is 17.6. The number of esters is 1. The summed E-state index contributed by atoms with van der Waals surface area (Å²) in [4.78, 5) is 212. The van der Waals surface area contributed by atoms with Gasteiger partial charge >= 0.3 is 36.4 Å². The Kier molecular flexibility index (Phi) is 43.5. The molecule has 15 atom stereocenters. The molecule has 668 valence electrons. The number of nitrogens with one attached hydrogen (secondary N) is 11. The molecule has 24 N–H and O–H groups in total. The minimum absolute atomic E-state index is 0.0281. The maximum atomic E-state index is 15.6. The summed E-state index contributed by atoms with van der Waals surface area (Å²) in [6.07, 6.45) is -19.9. The summed E-state index contributed by atoms with van der Waals surface area (Å²) in [7, 11) is 0. The van der Waals surface area contributed by atoms with Gasteiger partial charge in [0.25, 0.3) is 5.91 Å². The number of nitrogens with zero attached hydrogens (tertiary/aromatic N) is 2. The maximum absolute atomic E-state index is 15.6. The number of primary amides is 1. The molecule has 2 heterocycles. The molecular weight excluding hydrogens is 1600 g/mol. The molecule has 0 aromatic heterocycles. The van der Waals surface area contributed by atoms with E-state index in [1.807, 2.05) is 18.7 Å². The van der Waals surface area contributed by atoms with Crippen molar-refractivity contribution in [1.82, 2.24) is 53.2 Å². The summed E-state index contributed by atoms with van der Waals surface area (Å²) in [5.74, 6) is -23.2. The van der Waals surface area contributed by atoms with Gasteiger partial charge in [-0.2, -0.15) is 26.3 Å². The lowest BCUT2D eigenvalue weighted by atomic mass is 9.95. The summed E-state index contributed by atoms with van der Waals surface area (Å²) in [5, 5.41) is 75.0. The molecule has 2 fully saturated rings. The van der Waals surface area contributed by atoms with Gasteiger partial charge in [-0.25, -0.2) is 19.2 Å². The first-order chi connectivity index (χ1) is 55.3. The lowest BCUT2D eigenvalue weighted by Crippen LogP contribution is -2.64. The molecule has 2 saturated heterocycles. The number of alkyl halides is 6. The van der Waals surface area contributed by atoms with Crippen molar-refractivity contribution in [2.45, 2.75) is 212 Å². The van der Waals surface area contributed by atoms with Crippen molar-refractivity contribution in [1.29, 1.82) is 0 Å². The minimum Gasteiger partial charge on any atom is -0.475 e. The number of aliphatic hydroxyl groups excluding tert-OH is 3. The van der Waals surface area contributed by atoms with Crippen molar-refractivity contribution in [2.75, 3.05) is 56.2 Å². The monoisotopic (exact) mass is 1710 g/mol. The second-order valence-electron chi connectivity index (χ2n) is 29.3. The number of hydrogen-bond acceptors (Lipinski definition) is 24. The van der Waals surface area contributed by atoms with Crippen molar-refractivity contribution in [3.05, 3.63) is 60.2 Å². The zero-order valence-electron chi connectivity index (χ0n) is 67.4. The van der Waals surface area contributed by atoms with Gasteiger partial charge in [-0.1, -0.05) is 106 Å². The van der Waals surface area contributed by atoms with Crippen molar-refractivity contribution < 1.29 is 138 Å². The summed E-state index contributed by atoms with van der Waals surface area (Å²) in [6, 6.07) is -4.95. The Bertz CT molecular complexity index is 3740. The fourth-order valence-electron chi connectivity index (χ4n) is 11.2. The fourth-order valence-corrected chi connectivity index (χ4v) is 11.2. The van der Waals surface area contributed by atoms with Crippen molar-refractivity contribution in [3.8, 4) is 0 Å². The molecule has 2 aromatic carbocycles. The number of rotatable bonds is 26. The molecule has 12 amide bonds. The van der Waals surface area contributed by atoms with E-state index in [4.69, 9.17) is 56.9 Å². The Balaban J connectivity index is 0.00000313. The Morgan fingerprint density at radius 3 is 1.64 bits per heavy atom. The summed E-state index contributed by atoms with van der Waals surface area (Å²) >= 11 is 0. The number of morpholine rings is 1. The minimum atomic E-state index is -5.08. The molecule has 0 saturated carbocycles.